The van der Waals surface area contributed by atoms with Crippen LogP contribution in [0.1, 0.15) is 33.8 Å². The van der Waals surface area contributed by atoms with E-state index in [1.54, 1.807) is 22.6 Å². The van der Waals surface area contributed by atoms with Crippen LogP contribution in [0.25, 0.3) is 10.9 Å². The number of fused-ring (bicyclic) bond motifs is 3. The van der Waals surface area contributed by atoms with E-state index in [4.69, 9.17) is 0 Å². The lowest BCUT2D eigenvalue weighted by Crippen LogP contribution is -2.17. The predicted molar refractivity (Wildman–Crippen MR) is 102 cm³/mol. The fourth-order valence-electron chi connectivity index (χ4n) is 3.95. The van der Waals surface area contributed by atoms with Crippen molar-refractivity contribution in [2.75, 3.05) is 13.6 Å². The Morgan fingerprint density at radius 1 is 1.25 bits per heavy atom. The Morgan fingerprint density at radius 3 is 2.92 bits per heavy atom. The SMILES string of the molecule is Cc1ccc2c(c1)c1c(n2CCc2scnc2C)CCCN(C)C1. The van der Waals surface area contributed by atoms with E-state index in [9.17, 15) is 0 Å². The van der Waals surface area contributed by atoms with E-state index < -0.39 is 0 Å². The van der Waals surface area contributed by atoms with E-state index in [2.05, 4.69) is 53.5 Å². The van der Waals surface area contributed by atoms with E-state index in [0.717, 1.165) is 19.5 Å². The lowest BCUT2D eigenvalue weighted by Gasteiger charge is -2.12. The Balaban J connectivity index is 1.79. The van der Waals surface area contributed by atoms with Crippen molar-refractivity contribution in [3.05, 3.63) is 51.1 Å². The summed E-state index contributed by atoms with van der Waals surface area (Å²) in [7, 11) is 2.24. The lowest BCUT2D eigenvalue weighted by atomic mass is 10.1. The van der Waals surface area contributed by atoms with E-state index >= 15 is 0 Å². The summed E-state index contributed by atoms with van der Waals surface area (Å²) in [6.07, 6.45) is 3.52. The molecule has 0 saturated carbocycles. The van der Waals surface area contributed by atoms with Crippen LogP contribution in [-0.4, -0.2) is 28.0 Å². The standard InChI is InChI=1S/C20H25N3S/c1-14-6-7-19-16(11-14)17-12-22(3)9-4-5-18(17)23(19)10-8-20-15(2)21-13-24-20/h6-7,11,13H,4-5,8-10,12H2,1-3H3. The van der Waals surface area contributed by atoms with E-state index in [0.29, 0.717) is 0 Å². The summed E-state index contributed by atoms with van der Waals surface area (Å²) in [5, 5.41) is 1.46. The first-order chi connectivity index (χ1) is 11.6. The first-order valence-corrected chi connectivity index (χ1v) is 9.69. The molecule has 3 aromatic rings. The molecule has 4 heteroatoms. The zero-order valence-electron chi connectivity index (χ0n) is 14.8. The largest absolute Gasteiger partial charge is 0.344 e. The van der Waals surface area contributed by atoms with Gasteiger partial charge in [0.25, 0.3) is 0 Å². The molecule has 1 aromatic carbocycles. The van der Waals surface area contributed by atoms with Crippen molar-refractivity contribution in [1.29, 1.82) is 0 Å². The van der Waals surface area contributed by atoms with Gasteiger partial charge in [-0.3, -0.25) is 0 Å². The van der Waals surface area contributed by atoms with Crippen molar-refractivity contribution in [2.45, 2.75) is 46.2 Å². The molecule has 0 fully saturated rings. The van der Waals surface area contributed by atoms with Crippen molar-refractivity contribution in [1.82, 2.24) is 14.5 Å². The molecule has 4 rings (SSSR count). The number of hydrogen-bond donors (Lipinski definition) is 0. The molecule has 0 N–H and O–H groups in total. The molecule has 3 nitrogen and oxygen atoms in total. The molecule has 3 heterocycles. The van der Waals surface area contributed by atoms with Crippen LogP contribution in [0.4, 0.5) is 0 Å². The zero-order valence-corrected chi connectivity index (χ0v) is 15.6. The van der Waals surface area contributed by atoms with Gasteiger partial charge in [-0.15, -0.1) is 11.3 Å². The van der Waals surface area contributed by atoms with Crippen LogP contribution >= 0.6 is 11.3 Å². The lowest BCUT2D eigenvalue weighted by molar-refractivity contribution is 0.333. The fraction of sp³-hybridized carbons (Fsp3) is 0.450. The molecule has 0 unspecified atom stereocenters. The maximum Gasteiger partial charge on any atom is 0.0797 e. The summed E-state index contributed by atoms with van der Waals surface area (Å²) < 4.78 is 2.59. The van der Waals surface area contributed by atoms with E-state index in [1.807, 2.05) is 5.51 Å². The summed E-state index contributed by atoms with van der Waals surface area (Å²) in [4.78, 5) is 8.29. The normalized spacial score (nSPS) is 15.6. The molecule has 0 radical (unpaired) electrons. The van der Waals surface area contributed by atoms with Crippen molar-refractivity contribution in [3.63, 3.8) is 0 Å². The molecule has 0 spiro atoms. The van der Waals surface area contributed by atoms with Gasteiger partial charge in [0.2, 0.25) is 0 Å². The molecule has 24 heavy (non-hydrogen) atoms. The third kappa shape index (κ3) is 2.78. The first-order valence-electron chi connectivity index (χ1n) is 8.81. The van der Waals surface area contributed by atoms with Crippen molar-refractivity contribution >= 4 is 22.2 Å². The number of aromatic nitrogens is 2. The maximum absolute atomic E-state index is 4.41. The van der Waals surface area contributed by atoms with E-state index in [1.165, 1.54) is 46.4 Å². The summed E-state index contributed by atoms with van der Waals surface area (Å²) in [6.45, 7) is 7.64. The Bertz CT molecular complexity index is 875. The highest BCUT2D eigenvalue weighted by atomic mass is 32.1. The molecule has 0 bridgehead atoms. The number of thiazole rings is 1. The molecule has 0 aliphatic carbocycles. The quantitative estimate of drug-likeness (QED) is 0.708. The Labute approximate surface area is 147 Å². The predicted octanol–water partition coefficient (Wildman–Crippen LogP) is 4.34. The fourth-order valence-corrected chi connectivity index (χ4v) is 4.72. The van der Waals surface area contributed by atoms with Crippen LogP contribution < -0.4 is 0 Å². The number of hydrogen-bond acceptors (Lipinski definition) is 3. The number of aryl methyl sites for hydroxylation is 4. The van der Waals surface area contributed by atoms with Gasteiger partial charge in [-0.1, -0.05) is 11.6 Å². The van der Waals surface area contributed by atoms with Crippen LogP contribution in [0, 0.1) is 13.8 Å². The number of benzene rings is 1. The topological polar surface area (TPSA) is 21.1 Å². The highest BCUT2D eigenvalue weighted by Crippen LogP contribution is 2.31. The highest BCUT2D eigenvalue weighted by molar-refractivity contribution is 7.09. The number of rotatable bonds is 3. The van der Waals surface area contributed by atoms with Gasteiger partial charge in [-0.25, -0.2) is 4.98 Å². The molecule has 0 amide bonds. The van der Waals surface area contributed by atoms with Gasteiger partial charge in [0, 0.05) is 41.0 Å². The Hall–Kier alpha value is -1.65. The third-order valence-corrected chi connectivity index (χ3v) is 6.23. The van der Waals surface area contributed by atoms with Gasteiger partial charge in [0.05, 0.1) is 11.2 Å². The minimum absolute atomic E-state index is 1.06. The van der Waals surface area contributed by atoms with Gasteiger partial charge in [-0.2, -0.15) is 0 Å². The minimum atomic E-state index is 1.06. The summed E-state index contributed by atoms with van der Waals surface area (Å²) in [6, 6.07) is 6.94. The van der Waals surface area contributed by atoms with Gasteiger partial charge in [0.1, 0.15) is 0 Å². The summed E-state index contributed by atoms with van der Waals surface area (Å²) in [5.74, 6) is 0. The monoisotopic (exact) mass is 339 g/mol. The summed E-state index contributed by atoms with van der Waals surface area (Å²) in [5.41, 5.74) is 9.03. The van der Waals surface area contributed by atoms with Crippen LogP contribution in [0.5, 0.6) is 0 Å². The molecule has 1 aliphatic heterocycles. The number of nitrogens with zero attached hydrogens (tertiary/aromatic N) is 3. The maximum atomic E-state index is 4.41. The van der Waals surface area contributed by atoms with Crippen LogP contribution in [-0.2, 0) is 25.9 Å². The Kier molecular flexibility index (Phi) is 4.19. The minimum Gasteiger partial charge on any atom is -0.344 e. The van der Waals surface area contributed by atoms with Gasteiger partial charge >= 0.3 is 0 Å². The molecular formula is C20H25N3S. The summed E-state index contributed by atoms with van der Waals surface area (Å²) >= 11 is 1.79. The van der Waals surface area contributed by atoms with Crippen LogP contribution in [0.2, 0.25) is 0 Å². The van der Waals surface area contributed by atoms with Crippen molar-refractivity contribution in [2.24, 2.45) is 0 Å². The molecule has 2 aromatic heterocycles. The van der Waals surface area contributed by atoms with Gasteiger partial charge in [-0.05, 0) is 58.0 Å². The Morgan fingerprint density at radius 2 is 2.12 bits per heavy atom. The van der Waals surface area contributed by atoms with Crippen LogP contribution in [0.15, 0.2) is 23.7 Å². The molecule has 1 aliphatic rings. The van der Waals surface area contributed by atoms with E-state index in [-0.39, 0.29) is 0 Å². The molecule has 0 saturated heterocycles. The second-order valence-electron chi connectivity index (χ2n) is 7.05. The molecular weight excluding hydrogens is 314 g/mol. The van der Waals surface area contributed by atoms with Crippen molar-refractivity contribution < 1.29 is 0 Å². The zero-order chi connectivity index (χ0) is 16.7. The van der Waals surface area contributed by atoms with Gasteiger partial charge in [0.15, 0.2) is 0 Å². The smallest absolute Gasteiger partial charge is 0.0797 e. The third-order valence-electron chi connectivity index (χ3n) is 5.23. The average Bonchev–Trinajstić information content (AvgIpc) is 3.00. The van der Waals surface area contributed by atoms with Crippen molar-refractivity contribution in [3.8, 4) is 0 Å². The highest BCUT2D eigenvalue weighted by Gasteiger charge is 2.21. The first kappa shape index (κ1) is 15.9. The average molecular weight is 340 g/mol. The second-order valence-corrected chi connectivity index (χ2v) is 7.99. The molecule has 126 valence electrons. The second kappa shape index (κ2) is 6.34. The van der Waals surface area contributed by atoms with Crippen LogP contribution in [0.3, 0.4) is 0 Å². The van der Waals surface area contributed by atoms with Gasteiger partial charge < -0.3 is 9.47 Å². The molecule has 0 atom stereocenters.